The molecule has 0 saturated carbocycles. The van der Waals surface area contributed by atoms with Crippen LogP contribution in [0.5, 0.6) is 5.75 Å². The van der Waals surface area contributed by atoms with Gasteiger partial charge in [-0.05, 0) is 100 Å². The summed E-state index contributed by atoms with van der Waals surface area (Å²) >= 11 is 0. The summed E-state index contributed by atoms with van der Waals surface area (Å²) in [6, 6.07) is 29.7. The van der Waals surface area contributed by atoms with Gasteiger partial charge in [-0.25, -0.2) is 0 Å². The molecule has 1 aromatic heterocycles. The van der Waals surface area contributed by atoms with Crippen molar-refractivity contribution >= 4 is 101 Å². The Kier molecular flexibility index (Phi) is 22.0. The zero-order valence-electron chi connectivity index (χ0n) is 47.3. The summed E-state index contributed by atoms with van der Waals surface area (Å²) in [6.45, 7) is 3.69. The number of hydrogen-bond acceptors (Lipinski definition) is 13. The summed E-state index contributed by atoms with van der Waals surface area (Å²) in [7, 11) is 2.14. The molecule has 7 aromatic rings. The maximum atomic E-state index is 15.0. The second kappa shape index (κ2) is 29.9. The van der Waals surface area contributed by atoms with Crippen molar-refractivity contribution in [1.29, 1.82) is 0 Å². The number of hydrogen-bond donors (Lipinski definition) is 12. The third-order valence-electron chi connectivity index (χ3n) is 14.9. The van der Waals surface area contributed by atoms with E-state index in [0.717, 1.165) is 59.6 Å². The molecular formula is C63H73N11O9S2. The number of carbonyl (C=O) groups excluding carboxylic acids is 8. The molecule has 1 aliphatic heterocycles. The topological polar surface area (TPSA) is 335 Å². The van der Waals surface area contributed by atoms with Crippen molar-refractivity contribution in [3.8, 4) is 5.75 Å². The summed E-state index contributed by atoms with van der Waals surface area (Å²) in [4.78, 5) is 119. The molecule has 0 unspecified atom stereocenters. The largest absolute Gasteiger partial charge is 0.508 e. The van der Waals surface area contributed by atoms with Crippen molar-refractivity contribution in [2.75, 3.05) is 18.1 Å². The number of amides is 8. The zero-order valence-corrected chi connectivity index (χ0v) is 48.9. The number of para-hydroxylation sites is 1. The SMILES string of the molecule is CC(C)[C@@H]1NC(=O)[C@@H](CCCCN)NC(=O)[C@H](Cc2c[nH]c3ccccc23)NC(=O)[C@@H](Cc2ccc(O)cc2)NC(=O)[C@H](NC(=O)[C@H](N)Cc2ccc3ccccc3c2)CSSC[C@@H](C(=O)N[C@@H](Cc2ccc3ccccc3c2)C(N)=O)NC1=O. The first-order valence-corrected chi connectivity index (χ1v) is 30.8. The number of carbonyl (C=O) groups is 8. The van der Waals surface area contributed by atoms with Gasteiger partial charge in [0.05, 0.1) is 6.04 Å². The van der Waals surface area contributed by atoms with E-state index in [4.69, 9.17) is 17.2 Å². The number of benzene rings is 6. The number of aromatic amines is 1. The molecular weight excluding hydrogens is 1120 g/mol. The van der Waals surface area contributed by atoms with Gasteiger partial charge >= 0.3 is 0 Å². The van der Waals surface area contributed by atoms with Gasteiger partial charge in [0.1, 0.15) is 48.0 Å². The lowest BCUT2D eigenvalue weighted by Gasteiger charge is -2.29. The van der Waals surface area contributed by atoms with Crippen molar-refractivity contribution in [1.82, 2.24) is 42.2 Å². The minimum absolute atomic E-state index is 0.0182. The molecule has 8 atom stereocenters. The first-order valence-electron chi connectivity index (χ1n) is 28.3. The molecule has 0 radical (unpaired) electrons. The highest BCUT2D eigenvalue weighted by Gasteiger charge is 2.36. The molecule has 85 heavy (non-hydrogen) atoms. The lowest BCUT2D eigenvalue weighted by Crippen LogP contribution is -2.61. The third kappa shape index (κ3) is 17.3. The van der Waals surface area contributed by atoms with Crippen molar-refractivity contribution in [3.63, 3.8) is 0 Å². The molecule has 0 bridgehead atoms. The molecule has 15 N–H and O–H groups in total. The van der Waals surface area contributed by atoms with Gasteiger partial charge in [0.15, 0.2) is 0 Å². The highest BCUT2D eigenvalue weighted by atomic mass is 33.1. The molecule has 6 aromatic carbocycles. The molecule has 1 saturated heterocycles. The smallest absolute Gasteiger partial charge is 0.244 e. The van der Waals surface area contributed by atoms with Crippen molar-refractivity contribution in [3.05, 3.63) is 162 Å². The van der Waals surface area contributed by atoms with E-state index >= 15 is 0 Å². The molecule has 0 spiro atoms. The number of fused-ring (bicyclic) bond motifs is 3. The first kappa shape index (κ1) is 62.6. The molecule has 20 nitrogen and oxygen atoms in total. The van der Waals surface area contributed by atoms with Crippen LogP contribution in [0.1, 0.15) is 55.4 Å². The first-order chi connectivity index (χ1) is 40.9. The highest BCUT2D eigenvalue weighted by Crippen LogP contribution is 2.26. The fraction of sp³-hybridized carbons (Fsp3) is 0.333. The van der Waals surface area contributed by atoms with E-state index in [0.29, 0.717) is 29.5 Å². The Balaban J connectivity index is 1.14. The van der Waals surface area contributed by atoms with Gasteiger partial charge in [-0.15, -0.1) is 0 Å². The summed E-state index contributed by atoms with van der Waals surface area (Å²) in [5.41, 5.74) is 21.8. The maximum Gasteiger partial charge on any atom is 0.244 e. The summed E-state index contributed by atoms with van der Waals surface area (Å²) < 4.78 is 0. The molecule has 0 aliphatic carbocycles. The minimum Gasteiger partial charge on any atom is -0.508 e. The van der Waals surface area contributed by atoms with Crippen LogP contribution in [0.2, 0.25) is 0 Å². The van der Waals surface area contributed by atoms with Gasteiger partial charge in [-0.3, -0.25) is 38.4 Å². The predicted molar refractivity (Wildman–Crippen MR) is 332 cm³/mol. The summed E-state index contributed by atoms with van der Waals surface area (Å²) in [6.07, 6.45) is 2.56. The monoisotopic (exact) mass is 1190 g/mol. The third-order valence-corrected chi connectivity index (χ3v) is 17.3. The number of nitrogens with one attached hydrogen (secondary N) is 8. The van der Waals surface area contributed by atoms with Crippen molar-refractivity contribution < 1.29 is 43.5 Å². The molecule has 1 fully saturated rings. The number of phenolic OH excluding ortho intramolecular Hbond substituents is 1. The Morgan fingerprint density at radius 2 is 1.19 bits per heavy atom. The quantitative estimate of drug-likeness (QED) is 0.0430. The van der Waals surface area contributed by atoms with E-state index in [2.05, 4.69) is 42.2 Å². The number of unbranched alkanes of at least 4 members (excludes halogenated alkanes) is 1. The molecule has 2 heterocycles. The van der Waals surface area contributed by atoms with Gasteiger partial charge in [0.25, 0.3) is 0 Å². The standard InChI is InChI=1S/C63H73N11O9S2/c1-36(2)55-63(83)73-54(61(81)69-50(56(66)76)31-39-19-23-41-12-4-6-14-43(41)28-39)35-85-84-34-53(72-57(77)47(65)29-38-18-22-40-11-3-5-13-42(40)27-38)62(82)70-51(30-37-20-24-45(75)25-21-37)59(79)71-52(32-44-33-67-48-16-8-7-15-46(44)48)60(80)68-49(58(78)74-55)17-9-10-26-64/h3-8,11-16,18-25,27-28,33,36,47,49-55,67,75H,9-10,17,26,29-32,34-35,64-65H2,1-2H3,(H2,66,76)(H,68,80)(H,69,81)(H,70,82)(H,71,79)(H,72,77)(H,73,83)(H,74,78)/t47-,49-,50+,51-,52+,53-,54+,55+/m1/s1. The van der Waals surface area contributed by atoms with Gasteiger partial charge in [-0.1, -0.05) is 151 Å². The molecule has 8 amide bonds. The van der Waals surface area contributed by atoms with E-state index in [-0.39, 0.29) is 55.9 Å². The number of phenols is 1. The molecule has 22 heteroatoms. The Hall–Kier alpha value is -8.44. The fourth-order valence-corrected chi connectivity index (χ4v) is 12.4. The second-order valence-electron chi connectivity index (χ2n) is 21.7. The van der Waals surface area contributed by atoms with Crippen LogP contribution in [-0.2, 0) is 64.0 Å². The number of nitrogens with two attached hydrogens (primary N) is 3. The van der Waals surface area contributed by atoms with Crippen LogP contribution in [0.15, 0.2) is 140 Å². The average molecular weight is 1190 g/mol. The number of aromatic nitrogens is 1. The van der Waals surface area contributed by atoms with Crippen LogP contribution in [0.4, 0.5) is 0 Å². The van der Waals surface area contributed by atoms with Crippen LogP contribution in [0.3, 0.4) is 0 Å². The van der Waals surface area contributed by atoms with E-state index in [1.54, 1.807) is 32.2 Å². The van der Waals surface area contributed by atoms with E-state index in [1.807, 2.05) is 109 Å². The van der Waals surface area contributed by atoms with Gasteiger partial charge in [0.2, 0.25) is 47.3 Å². The van der Waals surface area contributed by atoms with Crippen LogP contribution in [-0.4, -0.2) is 124 Å². The Morgan fingerprint density at radius 3 is 1.84 bits per heavy atom. The zero-order chi connectivity index (χ0) is 60.6. The fourth-order valence-electron chi connectivity index (χ4n) is 10.1. The van der Waals surface area contributed by atoms with Gasteiger partial charge in [0, 0.05) is 47.9 Å². The van der Waals surface area contributed by atoms with Gasteiger partial charge in [-0.2, -0.15) is 0 Å². The summed E-state index contributed by atoms with van der Waals surface area (Å²) in [5, 5.41) is 34.5. The Morgan fingerprint density at radius 1 is 0.624 bits per heavy atom. The minimum atomic E-state index is -1.41. The van der Waals surface area contributed by atoms with Crippen molar-refractivity contribution in [2.45, 2.75) is 107 Å². The number of aromatic hydroxyl groups is 1. The van der Waals surface area contributed by atoms with Crippen LogP contribution in [0, 0.1) is 5.92 Å². The Labute approximate surface area is 500 Å². The van der Waals surface area contributed by atoms with Crippen molar-refractivity contribution in [2.24, 2.45) is 23.1 Å². The van der Waals surface area contributed by atoms with Crippen LogP contribution >= 0.6 is 21.6 Å². The van der Waals surface area contributed by atoms with Crippen LogP contribution < -0.4 is 54.4 Å². The number of H-pyrrole nitrogens is 1. The lowest BCUT2D eigenvalue weighted by molar-refractivity contribution is -0.136. The normalized spacial score (nSPS) is 20.3. The Bertz CT molecular complexity index is 3530. The number of rotatable bonds is 18. The molecule has 1 aliphatic rings. The second-order valence-corrected chi connectivity index (χ2v) is 24.2. The lowest BCUT2D eigenvalue weighted by atomic mass is 9.99. The van der Waals surface area contributed by atoms with Gasteiger partial charge < -0.3 is 64.5 Å². The number of primary amides is 1. The maximum absolute atomic E-state index is 15.0. The van der Waals surface area contributed by atoms with E-state index in [9.17, 15) is 43.5 Å². The van der Waals surface area contributed by atoms with E-state index < -0.39 is 102 Å². The summed E-state index contributed by atoms with van der Waals surface area (Å²) in [5.74, 6) is -7.08. The van der Waals surface area contributed by atoms with Crippen LogP contribution in [0.25, 0.3) is 32.4 Å². The molecule has 8 rings (SSSR count). The molecule has 446 valence electrons. The average Bonchev–Trinajstić information content (AvgIpc) is 4.02. The predicted octanol–water partition coefficient (Wildman–Crippen LogP) is 3.84. The highest BCUT2D eigenvalue weighted by molar-refractivity contribution is 8.76. The van der Waals surface area contributed by atoms with E-state index in [1.165, 1.54) is 12.1 Å².